The zero-order chi connectivity index (χ0) is 16.4. The van der Waals surface area contributed by atoms with Crippen molar-refractivity contribution in [3.05, 3.63) is 31.7 Å². The Morgan fingerprint density at radius 3 is 2.45 bits per heavy atom. The largest absolute Gasteiger partial charge is 0.351 e. The number of aryl methyl sites for hydroxylation is 4. The summed E-state index contributed by atoms with van der Waals surface area (Å²) in [4.78, 5) is 12.2. The van der Waals surface area contributed by atoms with Crippen LogP contribution < -0.4 is 5.32 Å². The number of nitrogens with zero attached hydrogens (tertiary/aromatic N) is 4. The number of carbonyl (C=O) groups excluding carboxylic acids is 1. The first-order valence-electron chi connectivity index (χ1n) is 6.68. The van der Waals surface area contributed by atoms with Crippen LogP contribution in [0.4, 0.5) is 0 Å². The molecule has 0 fully saturated rings. The Morgan fingerprint density at radius 1 is 1.27 bits per heavy atom. The molecule has 22 heavy (non-hydrogen) atoms. The Balaban J connectivity index is 1.88. The highest BCUT2D eigenvalue weighted by Gasteiger charge is 2.17. The molecule has 120 valence electrons. The maximum absolute atomic E-state index is 12.2. The molecule has 0 atom stereocenters. The predicted octanol–water partition coefficient (Wildman–Crippen LogP) is 3.12. The van der Waals surface area contributed by atoms with Gasteiger partial charge in [-0.15, -0.1) is 0 Å². The number of nitrogens with one attached hydrogen (secondary N) is 1. The topological polar surface area (TPSA) is 64.7 Å². The molecular weight excluding hydrogens is 393 g/mol. The summed E-state index contributed by atoms with van der Waals surface area (Å²) in [6, 6.07) is 0. The van der Waals surface area contributed by atoms with Gasteiger partial charge in [-0.05, 0) is 36.2 Å². The maximum Gasteiger partial charge on any atom is 0.270 e. The molecule has 2 rings (SSSR count). The molecule has 1 N–H and O–H groups in total. The first-order valence-corrected chi connectivity index (χ1v) is 8.23. The van der Waals surface area contributed by atoms with E-state index in [0.29, 0.717) is 45.5 Å². The average molecular weight is 409 g/mol. The first kappa shape index (κ1) is 17.3. The molecule has 2 aromatic heterocycles. The summed E-state index contributed by atoms with van der Waals surface area (Å²) in [6.07, 6.45) is 0.692. The zero-order valence-electron chi connectivity index (χ0n) is 12.5. The standard InChI is InChI=1S/C13H16BrCl2N5O/c1-7-9(14)11(20(3)18-7)13(22)17-5-4-6-21-12(16)10(15)8(2)19-21/h4-6H2,1-3H3,(H,17,22). The van der Waals surface area contributed by atoms with Crippen molar-refractivity contribution in [2.75, 3.05) is 6.54 Å². The minimum absolute atomic E-state index is 0.171. The third-order valence-corrected chi connectivity index (χ3v) is 5.08. The van der Waals surface area contributed by atoms with E-state index < -0.39 is 0 Å². The van der Waals surface area contributed by atoms with Crippen molar-refractivity contribution in [2.24, 2.45) is 7.05 Å². The van der Waals surface area contributed by atoms with Gasteiger partial charge in [0.2, 0.25) is 0 Å². The third-order valence-electron chi connectivity index (χ3n) is 3.19. The summed E-state index contributed by atoms with van der Waals surface area (Å²) in [5.74, 6) is -0.171. The first-order chi connectivity index (χ1) is 10.3. The van der Waals surface area contributed by atoms with E-state index in [0.717, 1.165) is 5.69 Å². The minimum atomic E-state index is -0.171. The van der Waals surface area contributed by atoms with Crippen LogP contribution in [0.15, 0.2) is 4.47 Å². The van der Waals surface area contributed by atoms with Crippen LogP contribution in [0.1, 0.15) is 28.3 Å². The molecule has 0 aromatic carbocycles. The number of carbonyl (C=O) groups is 1. The second-order valence-electron chi connectivity index (χ2n) is 4.89. The Morgan fingerprint density at radius 2 is 1.95 bits per heavy atom. The highest BCUT2D eigenvalue weighted by molar-refractivity contribution is 9.10. The molecule has 9 heteroatoms. The molecule has 2 aromatic rings. The van der Waals surface area contributed by atoms with Gasteiger partial charge in [0, 0.05) is 20.1 Å². The highest BCUT2D eigenvalue weighted by atomic mass is 79.9. The van der Waals surface area contributed by atoms with Gasteiger partial charge in [-0.2, -0.15) is 10.2 Å². The molecule has 2 heterocycles. The van der Waals surface area contributed by atoms with Crippen LogP contribution in [0.5, 0.6) is 0 Å². The average Bonchev–Trinajstić information content (AvgIpc) is 2.85. The Labute approximate surface area is 146 Å². The number of hydrogen-bond donors (Lipinski definition) is 1. The molecule has 6 nitrogen and oxygen atoms in total. The third kappa shape index (κ3) is 3.47. The predicted molar refractivity (Wildman–Crippen MR) is 89.6 cm³/mol. The summed E-state index contributed by atoms with van der Waals surface area (Å²) in [5.41, 5.74) is 1.99. The van der Waals surface area contributed by atoms with Crippen LogP contribution in [0.25, 0.3) is 0 Å². The molecule has 0 aliphatic heterocycles. The van der Waals surface area contributed by atoms with Crippen LogP contribution in [-0.4, -0.2) is 32.0 Å². The van der Waals surface area contributed by atoms with Crippen LogP contribution >= 0.6 is 39.1 Å². The monoisotopic (exact) mass is 407 g/mol. The number of halogens is 3. The SMILES string of the molecule is Cc1nn(CCCNC(=O)c2c(Br)c(C)nn2C)c(Cl)c1Cl. The Kier molecular flexibility index (Phi) is 5.52. The lowest BCUT2D eigenvalue weighted by atomic mass is 10.3. The number of amides is 1. The second kappa shape index (κ2) is 7.02. The van der Waals surface area contributed by atoms with Crippen molar-refractivity contribution < 1.29 is 4.79 Å². The molecule has 0 radical (unpaired) electrons. The summed E-state index contributed by atoms with van der Waals surface area (Å²) in [5, 5.41) is 12.2. The van der Waals surface area contributed by atoms with Gasteiger partial charge in [0.05, 0.1) is 15.9 Å². The second-order valence-corrected chi connectivity index (χ2v) is 6.42. The van der Waals surface area contributed by atoms with Gasteiger partial charge < -0.3 is 5.32 Å². The van der Waals surface area contributed by atoms with Crippen LogP contribution in [0.3, 0.4) is 0 Å². The van der Waals surface area contributed by atoms with Crippen molar-refractivity contribution in [3.63, 3.8) is 0 Å². The van der Waals surface area contributed by atoms with Gasteiger partial charge >= 0.3 is 0 Å². The molecular formula is C13H16BrCl2N5O. The van der Waals surface area contributed by atoms with E-state index in [4.69, 9.17) is 23.2 Å². The van der Waals surface area contributed by atoms with Gasteiger partial charge in [-0.1, -0.05) is 23.2 Å². The van der Waals surface area contributed by atoms with Crippen molar-refractivity contribution in [2.45, 2.75) is 26.8 Å². The Hall–Kier alpha value is -1.05. The molecule has 0 unspecified atom stereocenters. The van der Waals surface area contributed by atoms with Crippen LogP contribution in [-0.2, 0) is 13.6 Å². The zero-order valence-corrected chi connectivity index (χ0v) is 15.6. The van der Waals surface area contributed by atoms with E-state index in [-0.39, 0.29) is 5.91 Å². The van der Waals surface area contributed by atoms with Gasteiger partial charge in [0.15, 0.2) is 0 Å². The fourth-order valence-electron chi connectivity index (χ4n) is 2.07. The fourth-order valence-corrected chi connectivity index (χ4v) is 2.98. The minimum Gasteiger partial charge on any atom is -0.351 e. The van der Waals surface area contributed by atoms with Crippen LogP contribution in [0.2, 0.25) is 10.2 Å². The van der Waals surface area contributed by atoms with Crippen molar-refractivity contribution in [1.82, 2.24) is 24.9 Å². The van der Waals surface area contributed by atoms with Gasteiger partial charge in [0.1, 0.15) is 15.9 Å². The molecule has 0 saturated carbocycles. The lowest BCUT2D eigenvalue weighted by Crippen LogP contribution is -2.27. The van der Waals surface area contributed by atoms with Crippen LogP contribution in [0, 0.1) is 13.8 Å². The van der Waals surface area contributed by atoms with Gasteiger partial charge in [0.25, 0.3) is 5.91 Å². The Bertz CT molecular complexity index is 710. The van der Waals surface area contributed by atoms with Gasteiger partial charge in [-0.3, -0.25) is 14.2 Å². The lowest BCUT2D eigenvalue weighted by molar-refractivity contribution is 0.0942. The van der Waals surface area contributed by atoms with E-state index in [2.05, 4.69) is 31.4 Å². The fraction of sp³-hybridized carbons (Fsp3) is 0.462. The normalized spacial score (nSPS) is 11.0. The molecule has 0 aliphatic rings. The van der Waals surface area contributed by atoms with Crippen molar-refractivity contribution in [3.8, 4) is 0 Å². The summed E-state index contributed by atoms with van der Waals surface area (Å²) >= 11 is 15.4. The van der Waals surface area contributed by atoms with E-state index in [9.17, 15) is 4.79 Å². The highest BCUT2D eigenvalue weighted by Crippen LogP contribution is 2.25. The molecule has 0 aliphatic carbocycles. The smallest absolute Gasteiger partial charge is 0.270 e. The van der Waals surface area contributed by atoms with Crippen molar-refractivity contribution >= 4 is 45.0 Å². The molecule has 1 amide bonds. The number of aromatic nitrogens is 4. The quantitative estimate of drug-likeness (QED) is 0.773. The number of rotatable bonds is 5. The van der Waals surface area contributed by atoms with E-state index in [1.54, 1.807) is 23.3 Å². The summed E-state index contributed by atoms with van der Waals surface area (Å²) < 4.78 is 3.91. The lowest BCUT2D eigenvalue weighted by Gasteiger charge is -2.07. The maximum atomic E-state index is 12.2. The summed E-state index contributed by atoms with van der Waals surface area (Å²) in [7, 11) is 1.74. The summed E-state index contributed by atoms with van der Waals surface area (Å²) in [6.45, 7) is 4.72. The van der Waals surface area contributed by atoms with Crippen molar-refractivity contribution in [1.29, 1.82) is 0 Å². The number of hydrogen-bond acceptors (Lipinski definition) is 3. The molecule has 0 saturated heterocycles. The molecule has 0 bridgehead atoms. The van der Waals surface area contributed by atoms with E-state index >= 15 is 0 Å². The van der Waals surface area contributed by atoms with E-state index in [1.807, 2.05) is 6.92 Å². The van der Waals surface area contributed by atoms with E-state index in [1.165, 1.54) is 0 Å². The van der Waals surface area contributed by atoms with Gasteiger partial charge in [-0.25, -0.2) is 0 Å². The molecule has 0 spiro atoms.